The lowest BCUT2D eigenvalue weighted by Gasteiger charge is -2.25. The summed E-state index contributed by atoms with van der Waals surface area (Å²) in [5, 5.41) is 3.61. The van der Waals surface area contributed by atoms with Crippen LogP contribution in [0.1, 0.15) is 11.3 Å². The highest BCUT2D eigenvalue weighted by molar-refractivity contribution is 7.89. The van der Waals surface area contributed by atoms with Crippen LogP contribution in [0.15, 0.2) is 56.5 Å². The van der Waals surface area contributed by atoms with Gasteiger partial charge in [0.2, 0.25) is 10.9 Å². The number of sulfonamides is 1. The molecule has 1 atom stereocenters. The standard InChI is InChI=1S/C18H18N2O5S/c1-12-8-17(25-20-12)16-6-7-18(24-16)26(21,22)19-10-13-9-14-4-2-3-5-15(14)23-11-13/h2-8,13,19H,9-11H2,1H3/t13-/m1/s1. The molecule has 7 nitrogen and oxygen atoms in total. The van der Waals surface area contributed by atoms with E-state index in [0.717, 1.165) is 17.7 Å². The third kappa shape index (κ3) is 3.38. The monoisotopic (exact) mass is 374 g/mol. The van der Waals surface area contributed by atoms with Gasteiger partial charge in [-0.15, -0.1) is 0 Å². The smallest absolute Gasteiger partial charge is 0.273 e. The third-order valence-corrected chi connectivity index (χ3v) is 5.53. The summed E-state index contributed by atoms with van der Waals surface area (Å²) in [5.74, 6) is 1.64. The highest BCUT2D eigenvalue weighted by Crippen LogP contribution is 2.27. The molecule has 3 aromatic rings. The molecule has 1 aromatic carbocycles. The average molecular weight is 374 g/mol. The van der Waals surface area contributed by atoms with E-state index < -0.39 is 10.0 Å². The van der Waals surface area contributed by atoms with Gasteiger partial charge in [-0.2, -0.15) is 0 Å². The Labute approximate surface area is 151 Å². The second-order valence-electron chi connectivity index (χ2n) is 6.29. The molecule has 8 heteroatoms. The van der Waals surface area contributed by atoms with Crippen molar-refractivity contribution in [3.8, 4) is 17.3 Å². The van der Waals surface area contributed by atoms with Crippen LogP contribution >= 0.6 is 0 Å². The summed E-state index contributed by atoms with van der Waals surface area (Å²) < 4.78 is 43.8. The van der Waals surface area contributed by atoms with Gasteiger partial charge in [-0.1, -0.05) is 23.4 Å². The van der Waals surface area contributed by atoms with Crippen LogP contribution in [0.4, 0.5) is 0 Å². The van der Waals surface area contributed by atoms with Crippen LogP contribution in [0.25, 0.3) is 11.5 Å². The minimum Gasteiger partial charge on any atom is -0.493 e. The molecular weight excluding hydrogens is 356 g/mol. The second kappa shape index (κ2) is 6.62. The Morgan fingerprint density at radius 3 is 2.85 bits per heavy atom. The van der Waals surface area contributed by atoms with Gasteiger partial charge in [0.1, 0.15) is 5.75 Å². The molecule has 0 saturated carbocycles. The van der Waals surface area contributed by atoms with E-state index in [9.17, 15) is 8.42 Å². The van der Waals surface area contributed by atoms with Gasteiger partial charge < -0.3 is 13.7 Å². The van der Waals surface area contributed by atoms with Crippen LogP contribution in [0, 0.1) is 12.8 Å². The molecule has 26 heavy (non-hydrogen) atoms. The van der Waals surface area contributed by atoms with E-state index in [1.807, 2.05) is 24.3 Å². The zero-order chi connectivity index (χ0) is 18.1. The van der Waals surface area contributed by atoms with Gasteiger partial charge in [0.25, 0.3) is 10.0 Å². The zero-order valence-corrected chi connectivity index (χ0v) is 15.0. The fourth-order valence-corrected chi connectivity index (χ4v) is 3.94. The SMILES string of the molecule is Cc1cc(-c2ccc(S(=O)(=O)NC[C@@H]3COc4ccccc4C3)o2)on1. The molecule has 0 bridgehead atoms. The first-order valence-electron chi connectivity index (χ1n) is 8.25. The molecule has 0 aliphatic carbocycles. The minimum absolute atomic E-state index is 0.0611. The topological polar surface area (TPSA) is 94.6 Å². The van der Waals surface area contributed by atoms with E-state index in [4.69, 9.17) is 13.7 Å². The summed E-state index contributed by atoms with van der Waals surface area (Å²) in [4.78, 5) is 0. The predicted molar refractivity (Wildman–Crippen MR) is 93.3 cm³/mol. The molecule has 1 N–H and O–H groups in total. The fraction of sp³-hybridized carbons (Fsp3) is 0.278. The molecule has 0 amide bonds. The highest BCUT2D eigenvalue weighted by atomic mass is 32.2. The first-order valence-corrected chi connectivity index (χ1v) is 9.73. The lowest BCUT2D eigenvalue weighted by atomic mass is 9.97. The summed E-state index contributed by atoms with van der Waals surface area (Å²) in [6.07, 6.45) is 0.763. The molecule has 0 fully saturated rings. The molecule has 2 aromatic heterocycles. The summed E-state index contributed by atoms with van der Waals surface area (Å²) in [7, 11) is -3.75. The molecule has 0 spiro atoms. The maximum absolute atomic E-state index is 12.5. The number of nitrogens with one attached hydrogen (secondary N) is 1. The maximum atomic E-state index is 12.5. The number of rotatable bonds is 5. The van der Waals surface area contributed by atoms with Crippen LogP contribution in [-0.2, 0) is 16.4 Å². The molecular formula is C18H18N2O5S. The van der Waals surface area contributed by atoms with Gasteiger partial charge in [0.05, 0.1) is 12.3 Å². The normalized spacial score (nSPS) is 16.9. The third-order valence-electron chi connectivity index (χ3n) is 4.23. The average Bonchev–Trinajstić information content (AvgIpc) is 3.29. The van der Waals surface area contributed by atoms with Crippen LogP contribution in [0.5, 0.6) is 5.75 Å². The van der Waals surface area contributed by atoms with E-state index in [2.05, 4.69) is 9.88 Å². The van der Waals surface area contributed by atoms with Crippen LogP contribution in [0.2, 0.25) is 0 Å². The Morgan fingerprint density at radius 2 is 2.04 bits per heavy atom. The lowest BCUT2D eigenvalue weighted by Crippen LogP contribution is -2.34. The van der Waals surface area contributed by atoms with Gasteiger partial charge in [0, 0.05) is 18.5 Å². The molecule has 136 valence electrons. The number of aryl methyl sites for hydroxylation is 1. The molecule has 0 unspecified atom stereocenters. The van der Waals surface area contributed by atoms with Crippen molar-refractivity contribution >= 4 is 10.0 Å². The summed E-state index contributed by atoms with van der Waals surface area (Å²) >= 11 is 0. The number of hydrogen-bond donors (Lipinski definition) is 1. The quantitative estimate of drug-likeness (QED) is 0.738. The van der Waals surface area contributed by atoms with Crippen molar-refractivity contribution in [2.45, 2.75) is 18.4 Å². The lowest BCUT2D eigenvalue weighted by molar-refractivity contribution is 0.223. The largest absolute Gasteiger partial charge is 0.493 e. The molecule has 1 aliphatic rings. The van der Waals surface area contributed by atoms with Crippen molar-refractivity contribution < 1.29 is 22.1 Å². The summed E-state index contributed by atoms with van der Waals surface area (Å²) in [5.41, 5.74) is 1.78. The second-order valence-corrected chi connectivity index (χ2v) is 7.99. The molecule has 0 radical (unpaired) electrons. The van der Waals surface area contributed by atoms with Gasteiger partial charge in [0.15, 0.2) is 5.76 Å². The van der Waals surface area contributed by atoms with Gasteiger partial charge in [-0.25, -0.2) is 13.1 Å². The number of hydrogen-bond acceptors (Lipinski definition) is 6. The van der Waals surface area contributed by atoms with Crippen molar-refractivity contribution in [3.63, 3.8) is 0 Å². The van der Waals surface area contributed by atoms with Gasteiger partial charge in [-0.05, 0) is 37.1 Å². The number of nitrogens with zero attached hydrogens (tertiary/aromatic N) is 1. The van der Waals surface area contributed by atoms with Gasteiger partial charge in [-0.3, -0.25) is 0 Å². The Hall–Kier alpha value is -2.58. The summed E-state index contributed by atoms with van der Waals surface area (Å²) in [6, 6.07) is 12.4. The van der Waals surface area contributed by atoms with E-state index >= 15 is 0 Å². The van der Waals surface area contributed by atoms with Crippen molar-refractivity contribution in [2.24, 2.45) is 5.92 Å². The fourth-order valence-electron chi connectivity index (χ4n) is 2.90. The van der Waals surface area contributed by atoms with E-state index in [0.29, 0.717) is 23.8 Å². The van der Waals surface area contributed by atoms with Crippen LogP contribution in [-0.4, -0.2) is 26.7 Å². The number of furan rings is 1. The van der Waals surface area contributed by atoms with Crippen molar-refractivity contribution in [3.05, 3.63) is 53.7 Å². The number of benzene rings is 1. The molecule has 0 saturated heterocycles. The van der Waals surface area contributed by atoms with E-state index in [-0.39, 0.29) is 17.6 Å². The van der Waals surface area contributed by atoms with Crippen molar-refractivity contribution in [1.82, 2.24) is 9.88 Å². The number of fused-ring (bicyclic) bond motifs is 1. The van der Waals surface area contributed by atoms with Crippen LogP contribution in [0.3, 0.4) is 0 Å². The van der Waals surface area contributed by atoms with Gasteiger partial charge >= 0.3 is 0 Å². The van der Waals surface area contributed by atoms with Crippen molar-refractivity contribution in [1.29, 1.82) is 0 Å². The maximum Gasteiger partial charge on any atom is 0.273 e. The molecule has 4 rings (SSSR count). The first-order chi connectivity index (χ1) is 12.5. The number of para-hydroxylation sites is 1. The Morgan fingerprint density at radius 1 is 1.19 bits per heavy atom. The molecule has 3 heterocycles. The predicted octanol–water partition coefficient (Wildman–Crippen LogP) is 2.77. The summed E-state index contributed by atoms with van der Waals surface area (Å²) in [6.45, 7) is 2.52. The number of ether oxygens (including phenoxy) is 1. The van der Waals surface area contributed by atoms with E-state index in [1.54, 1.807) is 19.1 Å². The zero-order valence-electron chi connectivity index (χ0n) is 14.1. The highest BCUT2D eigenvalue weighted by Gasteiger charge is 2.24. The van der Waals surface area contributed by atoms with E-state index in [1.165, 1.54) is 6.07 Å². The first kappa shape index (κ1) is 16.9. The van der Waals surface area contributed by atoms with Crippen LogP contribution < -0.4 is 9.46 Å². The Bertz CT molecular complexity index is 1020. The number of aromatic nitrogens is 1. The molecule has 1 aliphatic heterocycles. The Kier molecular flexibility index (Phi) is 4.29. The van der Waals surface area contributed by atoms with Crippen molar-refractivity contribution in [2.75, 3.05) is 13.2 Å². The Balaban J connectivity index is 1.43. The minimum atomic E-state index is -3.75.